The monoisotopic (exact) mass is 494 g/mol. The van der Waals surface area contributed by atoms with Gasteiger partial charge in [0.2, 0.25) is 0 Å². The van der Waals surface area contributed by atoms with Gasteiger partial charge in [-0.25, -0.2) is 8.78 Å². The number of amides is 1. The lowest BCUT2D eigenvalue weighted by atomic mass is 10.2. The lowest BCUT2D eigenvalue weighted by molar-refractivity contribution is -0.144. The van der Waals surface area contributed by atoms with E-state index >= 15 is 0 Å². The summed E-state index contributed by atoms with van der Waals surface area (Å²) in [5, 5.41) is 11.4. The molecule has 1 amide bonds. The van der Waals surface area contributed by atoms with Crippen LogP contribution in [0.1, 0.15) is 5.56 Å². The van der Waals surface area contributed by atoms with Gasteiger partial charge in [-0.05, 0) is 61.0 Å². The number of para-hydroxylation sites is 1. The second kappa shape index (κ2) is 10.9. The Kier molecular flexibility index (Phi) is 7.51. The molecule has 178 valence electrons. The summed E-state index contributed by atoms with van der Waals surface area (Å²) >= 11 is 1.09. The molecule has 0 atom stereocenters. The van der Waals surface area contributed by atoms with Crippen molar-refractivity contribution in [2.24, 2.45) is 0 Å². The molecule has 0 unspecified atom stereocenters. The minimum atomic E-state index is -0.632. The summed E-state index contributed by atoms with van der Waals surface area (Å²) in [5.41, 5.74) is 2.41. The van der Waals surface area contributed by atoms with Crippen molar-refractivity contribution in [2.75, 3.05) is 17.7 Å². The van der Waals surface area contributed by atoms with Crippen molar-refractivity contribution in [3.8, 4) is 17.1 Å². The van der Waals surface area contributed by atoms with E-state index in [4.69, 9.17) is 4.74 Å². The molecule has 0 saturated heterocycles. The van der Waals surface area contributed by atoms with E-state index in [1.54, 1.807) is 23.6 Å². The first kappa shape index (κ1) is 24.1. The SMILES string of the molecule is Cc1ccc(F)cc1NC(=O)COC(=O)CSc1nnc(-c2ccc(F)cc2)n1-c1ccccc1. The molecule has 1 aromatic heterocycles. The number of anilines is 1. The number of halogens is 2. The molecule has 7 nitrogen and oxygen atoms in total. The van der Waals surface area contributed by atoms with E-state index in [1.165, 1.54) is 30.3 Å². The van der Waals surface area contributed by atoms with Crippen LogP contribution < -0.4 is 5.32 Å². The molecule has 35 heavy (non-hydrogen) atoms. The number of aryl methyl sites for hydroxylation is 1. The third-order valence-electron chi connectivity index (χ3n) is 4.91. The highest BCUT2D eigenvalue weighted by Gasteiger charge is 2.18. The number of thioether (sulfide) groups is 1. The van der Waals surface area contributed by atoms with Gasteiger partial charge in [0.25, 0.3) is 5.91 Å². The van der Waals surface area contributed by atoms with Gasteiger partial charge >= 0.3 is 5.97 Å². The van der Waals surface area contributed by atoms with Crippen LogP contribution in [0.2, 0.25) is 0 Å². The molecule has 0 fully saturated rings. The van der Waals surface area contributed by atoms with Crippen LogP contribution in [0.5, 0.6) is 0 Å². The summed E-state index contributed by atoms with van der Waals surface area (Å²) in [5.74, 6) is -1.71. The fourth-order valence-corrected chi connectivity index (χ4v) is 3.94. The van der Waals surface area contributed by atoms with Crippen LogP contribution in [0.4, 0.5) is 14.5 Å². The number of nitrogens with one attached hydrogen (secondary N) is 1. The molecule has 0 spiro atoms. The van der Waals surface area contributed by atoms with Crippen LogP contribution in [-0.2, 0) is 14.3 Å². The fourth-order valence-electron chi connectivity index (χ4n) is 3.19. The van der Waals surface area contributed by atoms with Gasteiger partial charge in [0, 0.05) is 16.9 Å². The number of benzene rings is 3. The Bertz CT molecular complexity index is 1340. The minimum Gasteiger partial charge on any atom is -0.455 e. The molecule has 0 saturated carbocycles. The van der Waals surface area contributed by atoms with E-state index in [0.717, 1.165) is 17.4 Å². The summed E-state index contributed by atoms with van der Waals surface area (Å²) in [6.07, 6.45) is 0. The topological polar surface area (TPSA) is 86.1 Å². The largest absolute Gasteiger partial charge is 0.455 e. The van der Waals surface area contributed by atoms with Gasteiger partial charge in [0.15, 0.2) is 17.6 Å². The van der Waals surface area contributed by atoms with E-state index in [-0.39, 0.29) is 11.6 Å². The molecule has 0 aliphatic heterocycles. The van der Waals surface area contributed by atoms with E-state index in [0.29, 0.717) is 27.8 Å². The van der Waals surface area contributed by atoms with E-state index < -0.39 is 24.3 Å². The summed E-state index contributed by atoms with van der Waals surface area (Å²) in [6, 6.07) is 19.2. The van der Waals surface area contributed by atoms with Crippen LogP contribution in [0.3, 0.4) is 0 Å². The van der Waals surface area contributed by atoms with Crippen molar-refractivity contribution in [1.29, 1.82) is 0 Å². The third-order valence-corrected chi connectivity index (χ3v) is 5.81. The second-order valence-corrected chi connectivity index (χ2v) is 8.38. The average Bonchev–Trinajstić information content (AvgIpc) is 3.28. The van der Waals surface area contributed by atoms with Crippen molar-refractivity contribution in [3.05, 3.63) is 90.0 Å². The maximum absolute atomic E-state index is 13.4. The zero-order valence-corrected chi connectivity index (χ0v) is 19.4. The molecule has 10 heteroatoms. The van der Waals surface area contributed by atoms with Crippen LogP contribution in [0.25, 0.3) is 17.1 Å². The quantitative estimate of drug-likeness (QED) is 0.280. The Labute approximate surface area is 204 Å². The number of nitrogens with zero attached hydrogens (tertiary/aromatic N) is 3. The maximum Gasteiger partial charge on any atom is 0.316 e. The lowest BCUT2D eigenvalue weighted by Gasteiger charge is -2.11. The van der Waals surface area contributed by atoms with Crippen molar-refractivity contribution >= 4 is 29.3 Å². The average molecular weight is 495 g/mol. The number of ether oxygens (including phenoxy) is 1. The normalized spacial score (nSPS) is 10.7. The van der Waals surface area contributed by atoms with Crippen LogP contribution in [-0.4, -0.2) is 39.0 Å². The molecule has 1 N–H and O–H groups in total. The van der Waals surface area contributed by atoms with Gasteiger partial charge in [0.1, 0.15) is 11.6 Å². The molecule has 4 aromatic rings. The van der Waals surface area contributed by atoms with Crippen molar-refractivity contribution in [3.63, 3.8) is 0 Å². The second-order valence-electron chi connectivity index (χ2n) is 7.44. The van der Waals surface area contributed by atoms with Crippen LogP contribution in [0.15, 0.2) is 78.0 Å². The van der Waals surface area contributed by atoms with E-state index in [2.05, 4.69) is 15.5 Å². The first-order valence-electron chi connectivity index (χ1n) is 10.5. The first-order chi connectivity index (χ1) is 16.9. The Hall–Kier alpha value is -4.05. The summed E-state index contributed by atoms with van der Waals surface area (Å²) in [4.78, 5) is 24.4. The minimum absolute atomic E-state index is 0.124. The zero-order valence-electron chi connectivity index (χ0n) is 18.6. The Morgan fingerprint density at radius 2 is 1.69 bits per heavy atom. The molecule has 4 rings (SSSR count). The van der Waals surface area contributed by atoms with E-state index in [9.17, 15) is 18.4 Å². The van der Waals surface area contributed by atoms with Gasteiger partial charge in [-0.1, -0.05) is 36.0 Å². The smallest absolute Gasteiger partial charge is 0.316 e. The molecule has 0 bridgehead atoms. The lowest BCUT2D eigenvalue weighted by Crippen LogP contribution is -2.22. The molecule has 1 heterocycles. The van der Waals surface area contributed by atoms with Gasteiger partial charge in [-0.15, -0.1) is 10.2 Å². The third kappa shape index (κ3) is 6.10. The predicted molar refractivity (Wildman–Crippen MR) is 128 cm³/mol. The zero-order chi connectivity index (χ0) is 24.8. The standard InChI is InChI=1S/C25H20F2N4O3S/c1-16-7-10-19(27)13-21(16)28-22(32)14-34-23(33)15-35-25-30-29-24(17-8-11-18(26)12-9-17)31(25)20-5-3-2-4-6-20/h2-13H,14-15H2,1H3,(H,28,32). The number of rotatable bonds is 8. The van der Waals surface area contributed by atoms with Crippen molar-refractivity contribution in [2.45, 2.75) is 12.1 Å². The number of hydrogen-bond acceptors (Lipinski definition) is 6. The Morgan fingerprint density at radius 1 is 0.971 bits per heavy atom. The van der Waals surface area contributed by atoms with Gasteiger partial charge in [-0.2, -0.15) is 0 Å². The van der Waals surface area contributed by atoms with Gasteiger partial charge in [0.05, 0.1) is 5.75 Å². The number of aromatic nitrogens is 3. The summed E-state index contributed by atoms with van der Waals surface area (Å²) in [7, 11) is 0. The highest BCUT2D eigenvalue weighted by atomic mass is 32.2. The highest BCUT2D eigenvalue weighted by Crippen LogP contribution is 2.28. The highest BCUT2D eigenvalue weighted by molar-refractivity contribution is 7.99. The molecular formula is C25H20F2N4O3S. The fraction of sp³-hybridized carbons (Fsp3) is 0.120. The van der Waals surface area contributed by atoms with Crippen LogP contribution >= 0.6 is 11.8 Å². The predicted octanol–water partition coefficient (Wildman–Crippen LogP) is 4.79. The molecule has 0 aliphatic carbocycles. The van der Waals surface area contributed by atoms with Crippen LogP contribution in [0, 0.1) is 18.6 Å². The Morgan fingerprint density at radius 3 is 2.43 bits per heavy atom. The first-order valence-corrected chi connectivity index (χ1v) is 11.5. The van der Waals surface area contributed by atoms with Gasteiger partial charge < -0.3 is 10.1 Å². The summed E-state index contributed by atoms with van der Waals surface area (Å²) in [6.45, 7) is 1.21. The molecule has 0 radical (unpaired) electrons. The van der Waals surface area contributed by atoms with E-state index in [1.807, 2.05) is 30.3 Å². The molecular weight excluding hydrogens is 474 g/mol. The van der Waals surface area contributed by atoms with Gasteiger partial charge in [-0.3, -0.25) is 14.2 Å². The van der Waals surface area contributed by atoms with Crippen molar-refractivity contribution in [1.82, 2.24) is 14.8 Å². The number of hydrogen-bond donors (Lipinski definition) is 1. The number of carbonyl (C=O) groups is 2. The molecule has 0 aliphatic rings. The molecule has 3 aromatic carbocycles. The van der Waals surface area contributed by atoms with Crippen molar-refractivity contribution < 1.29 is 23.1 Å². The maximum atomic E-state index is 13.4. The summed E-state index contributed by atoms with van der Waals surface area (Å²) < 4.78 is 33.6. The number of carbonyl (C=O) groups excluding carboxylic acids is 2. The number of esters is 1. The Balaban J connectivity index is 1.42.